The minimum Gasteiger partial charge on any atom is -0.394 e. The number of rotatable bonds is 37. The molecule has 0 aliphatic carbocycles. The molecule has 0 radical (unpaired) electrons. The molecular weight excluding hydrogens is 714 g/mol. The van der Waals surface area contributed by atoms with Gasteiger partial charge in [0.2, 0.25) is 5.91 Å². The fourth-order valence-corrected chi connectivity index (χ4v) is 7.16. The number of aliphatic hydroxyl groups is 7. The van der Waals surface area contributed by atoms with Crippen molar-refractivity contribution in [1.29, 1.82) is 0 Å². The quantitative estimate of drug-likeness (QED) is 0.0239. The number of nitrogens with one attached hydrogen (secondary N) is 1. The molecule has 330 valence electrons. The Bertz CT molecular complexity index is 965. The van der Waals surface area contributed by atoms with Gasteiger partial charge in [-0.3, -0.25) is 4.79 Å². The highest BCUT2D eigenvalue weighted by molar-refractivity contribution is 5.80. The van der Waals surface area contributed by atoms with E-state index < -0.39 is 74.2 Å². The van der Waals surface area contributed by atoms with Gasteiger partial charge in [0.25, 0.3) is 0 Å². The first-order valence-corrected chi connectivity index (χ1v) is 22.7. The van der Waals surface area contributed by atoms with Crippen molar-refractivity contribution in [2.45, 2.75) is 242 Å². The number of ether oxygens (including phenoxy) is 2. The largest absolute Gasteiger partial charge is 0.394 e. The summed E-state index contributed by atoms with van der Waals surface area (Å²) in [6, 6.07) is -1.19. The predicted molar refractivity (Wildman–Crippen MR) is 224 cm³/mol. The van der Waals surface area contributed by atoms with E-state index in [2.05, 4.69) is 43.5 Å². The van der Waals surface area contributed by atoms with Crippen molar-refractivity contribution in [3.05, 3.63) is 24.3 Å². The van der Waals surface area contributed by atoms with Crippen LogP contribution < -0.4 is 5.32 Å². The molecule has 9 atom stereocenters. The Morgan fingerprint density at radius 3 is 1.59 bits per heavy atom. The van der Waals surface area contributed by atoms with Crippen molar-refractivity contribution in [3.8, 4) is 0 Å². The number of unbranched alkanes of at least 4 members (excludes halogenated alkanes) is 21. The maximum absolute atomic E-state index is 13.1. The van der Waals surface area contributed by atoms with Crippen molar-refractivity contribution in [2.75, 3.05) is 13.2 Å². The Balaban J connectivity index is 2.47. The molecule has 0 saturated carbocycles. The zero-order valence-electron chi connectivity index (χ0n) is 35.4. The van der Waals surface area contributed by atoms with Gasteiger partial charge in [-0.05, 0) is 51.4 Å². The van der Waals surface area contributed by atoms with Crippen LogP contribution >= 0.6 is 0 Å². The summed E-state index contributed by atoms with van der Waals surface area (Å²) in [5, 5.41) is 75.5. The van der Waals surface area contributed by atoms with E-state index in [9.17, 15) is 40.5 Å². The normalized spacial score (nSPS) is 22.5. The van der Waals surface area contributed by atoms with Crippen molar-refractivity contribution in [1.82, 2.24) is 5.32 Å². The number of allylic oxidation sites excluding steroid dienone is 4. The van der Waals surface area contributed by atoms with E-state index in [1.54, 1.807) is 0 Å². The molecule has 0 aromatic carbocycles. The molecule has 1 fully saturated rings. The van der Waals surface area contributed by atoms with E-state index in [0.717, 1.165) is 38.5 Å². The summed E-state index contributed by atoms with van der Waals surface area (Å²) in [5.41, 5.74) is 0. The number of aliphatic hydroxyl groups excluding tert-OH is 7. The van der Waals surface area contributed by atoms with Gasteiger partial charge in [-0.1, -0.05) is 160 Å². The Hall–Kier alpha value is -1.41. The van der Waals surface area contributed by atoms with Gasteiger partial charge in [-0.15, -0.1) is 0 Å². The van der Waals surface area contributed by atoms with Gasteiger partial charge in [0.15, 0.2) is 6.29 Å². The smallest absolute Gasteiger partial charge is 0.249 e. The summed E-state index contributed by atoms with van der Waals surface area (Å²) in [5.74, 6) is -0.711. The SMILES string of the molecule is CCCCC/C=C/CC/C=C/CCCC(O)C(O)C(COC1OC(CO)C(O)C(O)C1O)NC(=O)C(O)CCCCCCCCCCCCCCCCCCC. The molecule has 8 N–H and O–H groups in total. The van der Waals surface area contributed by atoms with E-state index in [4.69, 9.17) is 9.47 Å². The fraction of sp³-hybridized carbons (Fsp3) is 0.889. The molecule has 1 heterocycles. The van der Waals surface area contributed by atoms with Crippen LogP contribution in [0.3, 0.4) is 0 Å². The number of hydrogen-bond acceptors (Lipinski definition) is 10. The Labute approximate surface area is 340 Å². The highest BCUT2D eigenvalue weighted by Crippen LogP contribution is 2.23. The lowest BCUT2D eigenvalue weighted by molar-refractivity contribution is -0.303. The van der Waals surface area contributed by atoms with E-state index in [0.29, 0.717) is 19.3 Å². The lowest BCUT2D eigenvalue weighted by Crippen LogP contribution is -2.60. The maximum Gasteiger partial charge on any atom is 0.249 e. The van der Waals surface area contributed by atoms with Crippen LogP contribution in [0.15, 0.2) is 24.3 Å². The molecule has 1 rings (SSSR count). The predicted octanol–water partition coefficient (Wildman–Crippen LogP) is 7.06. The molecule has 56 heavy (non-hydrogen) atoms. The zero-order chi connectivity index (χ0) is 41.2. The lowest BCUT2D eigenvalue weighted by Gasteiger charge is -2.40. The third kappa shape index (κ3) is 25.2. The molecule has 9 unspecified atom stereocenters. The molecule has 0 bridgehead atoms. The van der Waals surface area contributed by atoms with Gasteiger partial charge in [0, 0.05) is 0 Å². The molecular formula is C45H85NO10. The van der Waals surface area contributed by atoms with Crippen LogP contribution in [-0.2, 0) is 14.3 Å². The van der Waals surface area contributed by atoms with E-state index in [-0.39, 0.29) is 12.8 Å². The van der Waals surface area contributed by atoms with Gasteiger partial charge >= 0.3 is 0 Å². The van der Waals surface area contributed by atoms with Crippen LogP contribution in [0, 0.1) is 0 Å². The first-order chi connectivity index (χ1) is 27.2. The number of hydrogen-bond donors (Lipinski definition) is 8. The second kappa shape index (κ2) is 35.5. The summed E-state index contributed by atoms with van der Waals surface area (Å²) < 4.78 is 11.1. The molecule has 0 aromatic heterocycles. The van der Waals surface area contributed by atoms with E-state index in [1.807, 2.05) is 0 Å². The van der Waals surface area contributed by atoms with Crippen LogP contribution in [0.4, 0.5) is 0 Å². The van der Waals surface area contributed by atoms with Crippen LogP contribution in [-0.4, -0.2) is 110 Å². The average molecular weight is 800 g/mol. The van der Waals surface area contributed by atoms with Gasteiger partial charge in [0.05, 0.1) is 25.4 Å². The maximum atomic E-state index is 13.1. The zero-order valence-corrected chi connectivity index (χ0v) is 35.4. The van der Waals surface area contributed by atoms with Gasteiger partial charge < -0.3 is 50.5 Å². The topological polar surface area (TPSA) is 189 Å². The Morgan fingerprint density at radius 1 is 0.607 bits per heavy atom. The monoisotopic (exact) mass is 800 g/mol. The van der Waals surface area contributed by atoms with E-state index >= 15 is 0 Å². The Morgan fingerprint density at radius 2 is 1.07 bits per heavy atom. The first-order valence-electron chi connectivity index (χ1n) is 22.7. The highest BCUT2D eigenvalue weighted by Gasteiger charge is 2.44. The Kier molecular flexibility index (Phi) is 33.4. The van der Waals surface area contributed by atoms with E-state index in [1.165, 1.54) is 103 Å². The third-order valence-electron chi connectivity index (χ3n) is 11.0. The molecule has 1 amide bonds. The minimum absolute atomic E-state index is 0.247. The standard InChI is InChI=1S/C45H85NO10/c1-3-5-7-9-11-13-15-17-18-19-20-21-23-25-27-29-31-33-38(49)44(54)46-36(35-55-45-43(53)42(52)41(51)39(34-47)56-45)40(50)37(48)32-30-28-26-24-22-16-14-12-10-8-6-4-2/h12,14,24,26,36-43,45,47-53H,3-11,13,15-23,25,27-35H2,1-2H3,(H,46,54)/b14-12+,26-24+. The summed E-state index contributed by atoms with van der Waals surface area (Å²) in [6.07, 6.45) is 26.6. The number of carbonyl (C=O) groups is 1. The molecule has 0 aromatic rings. The van der Waals surface area contributed by atoms with Crippen LogP contribution in [0.25, 0.3) is 0 Å². The van der Waals surface area contributed by atoms with Gasteiger partial charge in [-0.2, -0.15) is 0 Å². The summed E-state index contributed by atoms with van der Waals surface area (Å²) in [6.45, 7) is 3.38. The average Bonchev–Trinajstić information content (AvgIpc) is 3.20. The van der Waals surface area contributed by atoms with Gasteiger partial charge in [-0.25, -0.2) is 0 Å². The summed E-state index contributed by atoms with van der Waals surface area (Å²) >= 11 is 0. The van der Waals surface area contributed by atoms with Crippen molar-refractivity contribution >= 4 is 5.91 Å². The lowest BCUT2D eigenvalue weighted by atomic mass is 9.98. The molecule has 0 spiro atoms. The van der Waals surface area contributed by atoms with Gasteiger partial charge in [0.1, 0.15) is 36.6 Å². The summed E-state index contributed by atoms with van der Waals surface area (Å²) in [4.78, 5) is 13.1. The third-order valence-corrected chi connectivity index (χ3v) is 11.0. The van der Waals surface area contributed by atoms with Crippen molar-refractivity contribution < 1.29 is 50.0 Å². The molecule has 11 heteroatoms. The molecule has 1 saturated heterocycles. The van der Waals surface area contributed by atoms with Crippen LogP contribution in [0.1, 0.15) is 187 Å². The second-order valence-electron chi connectivity index (χ2n) is 16.1. The molecule has 1 aliphatic heterocycles. The van der Waals surface area contributed by atoms with Crippen LogP contribution in [0.5, 0.6) is 0 Å². The number of amides is 1. The highest BCUT2D eigenvalue weighted by atomic mass is 16.7. The minimum atomic E-state index is -1.67. The van der Waals surface area contributed by atoms with Crippen molar-refractivity contribution in [2.24, 2.45) is 0 Å². The van der Waals surface area contributed by atoms with Crippen LogP contribution in [0.2, 0.25) is 0 Å². The summed E-state index contributed by atoms with van der Waals surface area (Å²) in [7, 11) is 0. The molecule has 11 nitrogen and oxygen atoms in total. The second-order valence-corrected chi connectivity index (χ2v) is 16.1. The number of carbonyl (C=O) groups excluding carboxylic acids is 1. The van der Waals surface area contributed by atoms with Crippen molar-refractivity contribution in [3.63, 3.8) is 0 Å². The molecule has 1 aliphatic rings. The fourth-order valence-electron chi connectivity index (χ4n) is 7.16. The first kappa shape index (κ1) is 52.6.